The molecule has 0 N–H and O–H groups in total. The summed E-state index contributed by atoms with van der Waals surface area (Å²) in [5.74, 6) is 1.68. The van der Waals surface area contributed by atoms with E-state index in [1.54, 1.807) is 0 Å². The molecule has 1 saturated carbocycles. The second kappa shape index (κ2) is 4.71. The summed E-state index contributed by atoms with van der Waals surface area (Å²) in [5, 5.41) is 7.75. The maximum atomic E-state index is 5.67. The quantitative estimate of drug-likeness (QED) is 0.725. The van der Waals surface area contributed by atoms with Gasteiger partial charge in [0.25, 0.3) is 9.68 Å². The Hall–Kier alpha value is 0.01000. The molecule has 6 heteroatoms. The van der Waals surface area contributed by atoms with Gasteiger partial charge >= 0.3 is 0 Å². The van der Waals surface area contributed by atoms with Crippen LogP contribution in [-0.4, -0.2) is 10.2 Å². The Kier molecular flexibility index (Phi) is 3.67. The molecule has 2 atom stereocenters. The zero-order valence-corrected chi connectivity index (χ0v) is 11.2. The molecule has 1 aliphatic rings. The SMILES string of the molecule is CC1CCCC(c2nnc(C(Cl)(Cl)Cl)o2)C1. The topological polar surface area (TPSA) is 38.9 Å². The smallest absolute Gasteiger partial charge is 0.268 e. The van der Waals surface area contributed by atoms with Gasteiger partial charge in [-0.05, 0) is 18.8 Å². The monoisotopic (exact) mass is 282 g/mol. The summed E-state index contributed by atoms with van der Waals surface area (Å²) in [6.07, 6.45) is 4.60. The van der Waals surface area contributed by atoms with Gasteiger partial charge in [0.05, 0.1) is 0 Å². The molecule has 1 heterocycles. The van der Waals surface area contributed by atoms with Crippen LogP contribution in [-0.2, 0) is 3.79 Å². The van der Waals surface area contributed by atoms with Gasteiger partial charge in [-0.1, -0.05) is 54.6 Å². The van der Waals surface area contributed by atoms with Crippen LogP contribution in [0.4, 0.5) is 0 Å². The normalized spacial score (nSPS) is 27.0. The highest BCUT2D eigenvalue weighted by molar-refractivity contribution is 6.66. The average Bonchev–Trinajstić information content (AvgIpc) is 2.65. The van der Waals surface area contributed by atoms with Crippen molar-refractivity contribution < 1.29 is 4.42 Å². The maximum absolute atomic E-state index is 5.67. The van der Waals surface area contributed by atoms with Crippen molar-refractivity contribution in [3.8, 4) is 0 Å². The van der Waals surface area contributed by atoms with Gasteiger partial charge in [0.15, 0.2) is 0 Å². The van der Waals surface area contributed by atoms with E-state index in [1.807, 2.05) is 0 Å². The largest absolute Gasteiger partial charge is 0.421 e. The molecule has 0 spiro atoms. The number of aromatic nitrogens is 2. The molecule has 3 nitrogen and oxygen atoms in total. The van der Waals surface area contributed by atoms with Gasteiger partial charge in [0.2, 0.25) is 5.89 Å². The van der Waals surface area contributed by atoms with Gasteiger partial charge in [0, 0.05) is 5.92 Å². The maximum Gasteiger partial charge on any atom is 0.268 e. The van der Waals surface area contributed by atoms with Crippen molar-refractivity contribution in [2.45, 2.75) is 42.3 Å². The Morgan fingerprint density at radius 3 is 2.56 bits per heavy atom. The van der Waals surface area contributed by atoms with Gasteiger partial charge < -0.3 is 4.42 Å². The lowest BCUT2D eigenvalue weighted by molar-refractivity contribution is 0.297. The van der Waals surface area contributed by atoms with Gasteiger partial charge in [-0.3, -0.25) is 0 Å². The lowest BCUT2D eigenvalue weighted by Gasteiger charge is -2.23. The molecule has 1 aromatic heterocycles. The summed E-state index contributed by atoms with van der Waals surface area (Å²) < 4.78 is 3.80. The number of alkyl halides is 3. The molecule has 0 aromatic carbocycles. The first-order chi connectivity index (χ1) is 7.47. The van der Waals surface area contributed by atoms with E-state index in [0.29, 0.717) is 17.7 Å². The average molecular weight is 284 g/mol. The molecule has 1 aromatic rings. The minimum atomic E-state index is -1.62. The third-order valence-electron chi connectivity index (χ3n) is 2.97. The summed E-state index contributed by atoms with van der Waals surface area (Å²) in [6.45, 7) is 2.23. The van der Waals surface area contributed by atoms with Crippen LogP contribution >= 0.6 is 34.8 Å². The van der Waals surface area contributed by atoms with Crippen LogP contribution in [0.25, 0.3) is 0 Å². The molecule has 0 bridgehead atoms. The number of halogens is 3. The van der Waals surface area contributed by atoms with Crippen LogP contribution in [0.15, 0.2) is 4.42 Å². The Morgan fingerprint density at radius 2 is 2.00 bits per heavy atom. The minimum absolute atomic E-state index is 0.0609. The first-order valence-electron chi connectivity index (χ1n) is 5.37. The molecule has 0 saturated heterocycles. The molecule has 0 amide bonds. The first kappa shape index (κ1) is 12.5. The van der Waals surface area contributed by atoms with Crippen molar-refractivity contribution in [1.29, 1.82) is 0 Å². The predicted octanol–water partition coefficient (Wildman–Crippen LogP) is 4.19. The lowest BCUT2D eigenvalue weighted by atomic mass is 9.82. The second-order valence-electron chi connectivity index (χ2n) is 4.41. The van der Waals surface area contributed by atoms with Gasteiger partial charge in [-0.25, -0.2) is 0 Å². The first-order valence-corrected chi connectivity index (χ1v) is 6.51. The fourth-order valence-corrected chi connectivity index (χ4v) is 2.40. The number of nitrogens with zero attached hydrogens (tertiary/aromatic N) is 2. The molecule has 2 unspecified atom stereocenters. The highest BCUT2D eigenvalue weighted by atomic mass is 35.6. The van der Waals surface area contributed by atoms with E-state index < -0.39 is 3.79 Å². The molecule has 90 valence electrons. The predicted molar refractivity (Wildman–Crippen MR) is 63.9 cm³/mol. The number of hydrogen-bond donors (Lipinski definition) is 0. The fraction of sp³-hybridized carbons (Fsp3) is 0.800. The van der Waals surface area contributed by atoms with E-state index in [1.165, 1.54) is 12.8 Å². The van der Waals surface area contributed by atoms with Crippen molar-refractivity contribution in [3.05, 3.63) is 11.8 Å². The van der Waals surface area contributed by atoms with E-state index in [4.69, 9.17) is 39.2 Å². The molecular formula is C10H13Cl3N2O. The van der Waals surface area contributed by atoms with Gasteiger partial charge in [-0.15, -0.1) is 10.2 Å². The van der Waals surface area contributed by atoms with Crippen LogP contribution < -0.4 is 0 Å². The zero-order valence-electron chi connectivity index (χ0n) is 8.92. The Morgan fingerprint density at radius 1 is 1.25 bits per heavy atom. The van der Waals surface area contributed by atoms with Gasteiger partial charge in [0.1, 0.15) is 0 Å². The van der Waals surface area contributed by atoms with E-state index in [0.717, 1.165) is 12.8 Å². The minimum Gasteiger partial charge on any atom is -0.421 e. The van der Waals surface area contributed by atoms with E-state index in [-0.39, 0.29) is 5.89 Å². The zero-order chi connectivity index (χ0) is 11.8. The lowest BCUT2D eigenvalue weighted by Crippen LogP contribution is -2.11. The van der Waals surface area contributed by atoms with E-state index in [9.17, 15) is 0 Å². The highest BCUT2D eigenvalue weighted by Gasteiger charge is 2.32. The Balaban J connectivity index is 2.12. The van der Waals surface area contributed by atoms with Crippen LogP contribution in [0.5, 0.6) is 0 Å². The fourth-order valence-electron chi connectivity index (χ4n) is 2.17. The van der Waals surface area contributed by atoms with Crippen molar-refractivity contribution in [2.24, 2.45) is 5.92 Å². The van der Waals surface area contributed by atoms with Crippen LogP contribution in [0.2, 0.25) is 0 Å². The van der Waals surface area contributed by atoms with Crippen LogP contribution in [0.1, 0.15) is 50.3 Å². The molecule has 0 aliphatic heterocycles. The Bertz CT molecular complexity index is 361. The van der Waals surface area contributed by atoms with Crippen LogP contribution in [0.3, 0.4) is 0 Å². The molecular weight excluding hydrogens is 270 g/mol. The Labute approximate surface area is 109 Å². The molecule has 1 fully saturated rings. The molecule has 0 radical (unpaired) electrons. The summed E-state index contributed by atoms with van der Waals surface area (Å²) in [6, 6.07) is 0. The summed E-state index contributed by atoms with van der Waals surface area (Å²) >= 11 is 17.0. The van der Waals surface area contributed by atoms with Gasteiger partial charge in [-0.2, -0.15) is 0 Å². The summed E-state index contributed by atoms with van der Waals surface area (Å²) in [7, 11) is 0. The van der Waals surface area contributed by atoms with Crippen LogP contribution in [0, 0.1) is 5.92 Å². The second-order valence-corrected chi connectivity index (χ2v) is 6.69. The van der Waals surface area contributed by atoms with Crippen molar-refractivity contribution in [3.63, 3.8) is 0 Å². The number of rotatable bonds is 1. The summed E-state index contributed by atoms with van der Waals surface area (Å²) in [5.41, 5.74) is 0. The molecule has 1 aliphatic carbocycles. The van der Waals surface area contributed by atoms with E-state index >= 15 is 0 Å². The number of hydrogen-bond acceptors (Lipinski definition) is 3. The third kappa shape index (κ3) is 2.82. The third-order valence-corrected chi connectivity index (χ3v) is 3.45. The van der Waals surface area contributed by atoms with Crippen molar-refractivity contribution in [1.82, 2.24) is 10.2 Å². The molecule has 16 heavy (non-hydrogen) atoms. The highest BCUT2D eigenvalue weighted by Crippen LogP contribution is 2.40. The molecule has 2 rings (SSSR count). The van der Waals surface area contributed by atoms with Crippen molar-refractivity contribution >= 4 is 34.8 Å². The van der Waals surface area contributed by atoms with Crippen molar-refractivity contribution in [2.75, 3.05) is 0 Å². The standard InChI is InChI=1S/C10H13Cl3N2O/c1-6-3-2-4-7(5-6)8-14-15-9(16-8)10(11,12)13/h6-7H,2-5H2,1H3. The summed E-state index contributed by atoms with van der Waals surface area (Å²) in [4.78, 5) is 0. The van der Waals surface area contributed by atoms with E-state index in [2.05, 4.69) is 17.1 Å².